The van der Waals surface area contributed by atoms with Gasteiger partial charge in [0.2, 0.25) is 0 Å². The zero-order valence-electron chi connectivity index (χ0n) is 7.10. The van der Waals surface area contributed by atoms with Crippen molar-refractivity contribution in [1.29, 1.82) is 0 Å². The van der Waals surface area contributed by atoms with Gasteiger partial charge in [0, 0.05) is 18.1 Å². The van der Waals surface area contributed by atoms with Gasteiger partial charge in [-0.25, -0.2) is 0 Å². The van der Waals surface area contributed by atoms with E-state index in [-0.39, 0.29) is 5.43 Å². The predicted octanol–water partition coefficient (Wildman–Crippen LogP) is 1.82. The van der Waals surface area contributed by atoms with Gasteiger partial charge in [0.15, 0.2) is 5.43 Å². The van der Waals surface area contributed by atoms with Crippen LogP contribution in [0.3, 0.4) is 0 Å². The molecule has 0 spiro atoms. The first-order chi connectivity index (χ1) is 5.15. The van der Waals surface area contributed by atoms with E-state index in [1.54, 1.807) is 13.8 Å². The lowest BCUT2D eigenvalue weighted by Crippen LogP contribution is -2.07. The van der Waals surface area contributed by atoms with Crippen molar-refractivity contribution in [3.8, 4) is 0 Å². The molecule has 0 unspecified atom stereocenters. The topological polar surface area (TPSA) is 30.2 Å². The Hall–Kier alpha value is -1.05. The van der Waals surface area contributed by atoms with Crippen molar-refractivity contribution in [2.45, 2.75) is 27.2 Å². The van der Waals surface area contributed by atoms with Crippen molar-refractivity contribution in [1.82, 2.24) is 0 Å². The minimum absolute atomic E-state index is 0.0746. The monoisotopic (exact) mass is 152 g/mol. The molecule has 0 saturated heterocycles. The summed E-state index contributed by atoms with van der Waals surface area (Å²) >= 11 is 0. The summed E-state index contributed by atoms with van der Waals surface area (Å²) in [6, 6.07) is 1.52. The molecule has 0 aliphatic heterocycles. The summed E-state index contributed by atoms with van der Waals surface area (Å²) in [6.07, 6.45) is 0.781. The summed E-state index contributed by atoms with van der Waals surface area (Å²) in [4.78, 5) is 11.2. The molecule has 0 aliphatic rings. The molecule has 1 rings (SSSR count). The van der Waals surface area contributed by atoms with Gasteiger partial charge in [-0.05, 0) is 13.8 Å². The van der Waals surface area contributed by atoms with E-state index in [2.05, 4.69) is 0 Å². The van der Waals surface area contributed by atoms with Crippen LogP contribution in [0.25, 0.3) is 0 Å². The predicted molar refractivity (Wildman–Crippen MR) is 43.8 cm³/mol. The van der Waals surface area contributed by atoms with Crippen LogP contribution in [0.1, 0.15) is 24.0 Å². The molecule has 1 aromatic rings. The Kier molecular flexibility index (Phi) is 2.13. The SMILES string of the molecule is CCc1oc(C)cc(=O)c1C. The highest BCUT2D eigenvalue weighted by atomic mass is 16.3. The molecule has 0 saturated carbocycles. The molecule has 0 bridgehead atoms. The van der Waals surface area contributed by atoms with Crippen LogP contribution in [0.4, 0.5) is 0 Å². The molecule has 11 heavy (non-hydrogen) atoms. The van der Waals surface area contributed by atoms with Gasteiger partial charge in [-0.1, -0.05) is 6.92 Å². The van der Waals surface area contributed by atoms with Crippen LogP contribution in [0.15, 0.2) is 15.3 Å². The molecule has 1 heterocycles. The highest BCUT2D eigenvalue weighted by Crippen LogP contribution is 2.05. The molecular weight excluding hydrogens is 140 g/mol. The highest BCUT2D eigenvalue weighted by molar-refractivity contribution is 5.17. The van der Waals surface area contributed by atoms with Gasteiger partial charge < -0.3 is 4.42 Å². The van der Waals surface area contributed by atoms with E-state index < -0.39 is 0 Å². The average Bonchev–Trinajstić information content (AvgIpc) is 1.96. The maximum absolute atomic E-state index is 11.2. The van der Waals surface area contributed by atoms with Gasteiger partial charge >= 0.3 is 0 Å². The summed E-state index contributed by atoms with van der Waals surface area (Å²) in [7, 11) is 0. The van der Waals surface area contributed by atoms with Gasteiger partial charge in [0.25, 0.3) is 0 Å². The Labute approximate surface area is 65.9 Å². The molecule has 0 fully saturated rings. The largest absolute Gasteiger partial charge is 0.466 e. The third-order valence-corrected chi connectivity index (χ3v) is 1.73. The van der Waals surface area contributed by atoms with E-state index in [0.717, 1.165) is 17.7 Å². The Morgan fingerprint density at radius 1 is 1.45 bits per heavy atom. The molecule has 0 aliphatic carbocycles. The Bertz CT molecular complexity index is 310. The van der Waals surface area contributed by atoms with Crippen molar-refractivity contribution in [3.63, 3.8) is 0 Å². The molecule has 0 amide bonds. The van der Waals surface area contributed by atoms with Crippen LogP contribution in [0.5, 0.6) is 0 Å². The lowest BCUT2D eigenvalue weighted by Gasteiger charge is -2.00. The van der Waals surface area contributed by atoms with Gasteiger partial charge in [-0.15, -0.1) is 0 Å². The fourth-order valence-electron chi connectivity index (χ4n) is 1.07. The van der Waals surface area contributed by atoms with E-state index in [0.29, 0.717) is 5.76 Å². The van der Waals surface area contributed by atoms with Crippen molar-refractivity contribution in [3.05, 3.63) is 33.4 Å². The molecule has 1 aromatic heterocycles. The fraction of sp³-hybridized carbons (Fsp3) is 0.444. The van der Waals surface area contributed by atoms with E-state index in [1.807, 2.05) is 6.92 Å². The third kappa shape index (κ3) is 1.50. The quantitative estimate of drug-likeness (QED) is 0.614. The standard InChI is InChI=1S/C9H12O2/c1-4-9-7(3)8(10)5-6(2)11-9/h5H,4H2,1-3H3. The minimum atomic E-state index is 0.0746. The number of hydrogen-bond acceptors (Lipinski definition) is 2. The van der Waals surface area contributed by atoms with Crippen molar-refractivity contribution < 1.29 is 4.42 Å². The second kappa shape index (κ2) is 2.91. The molecule has 0 radical (unpaired) electrons. The van der Waals surface area contributed by atoms with Crippen LogP contribution in [0, 0.1) is 13.8 Å². The van der Waals surface area contributed by atoms with Gasteiger partial charge in [0.05, 0.1) is 0 Å². The number of aryl methyl sites for hydroxylation is 2. The molecule has 0 atom stereocenters. The summed E-state index contributed by atoms with van der Waals surface area (Å²) in [6.45, 7) is 5.56. The maximum atomic E-state index is 11.2. The van der Waals surface area contributed by atoms with Gasteiger partial charge in [-0.3, -0.25) is 4.79 Å². The second-order valence-corrected chi connectivity index (χ2v) is 2.62. The van der Waals surface area contributed by atoms with Crippen molar-refractivity contribution >= 4 is 0 Å². The lowest BCUT2D eigenvalue weighted by molar-refractivity contribution is 0.463. The minimum Gasteiger partial charge on any atom is -0.466 e. The summed E-state index contributed by atoms with van der Waals surface area (Å²) < 4.78 is 5.34. The van der Waals surface area contributed by atoms with E-state index >= 15 is 0 Å². The molecular formula is C9H12O2. The zero-order valence-corrected chi connectivity index (χ0v) is 7.10. The Morgan fingerprint density at radius 2 is 2.09 bits per heavy atom. The molecule has 0 aromatic carbocycles. The first-order valence-electron chi connectivity index (χ1n) is 3.75. The highest BCUT2D eigenvalue weighted by Gasteiger charge is 2.02. The van der Waals surface area contributed by atoms with Crippen LogP contribution in [0.2, 0.25) is 0 Å². The first kappa shape index (κ1) is 8.05. The van der Waals surface area contributed by atoms with E-state index in [4.69, 9.17) is 4.42 Å². The summed E-state index contributed by atoms with van der Waals surface area (Å²) in [5.74, 6) is 1.49. The smallest absolute Gasteiger partial charge is 0.188 e. The normalized spacial score (nSPS) is 10.1. The number of rotatable bonds is 1. The van der Waals surface area contributed by atoms with Gasteiger partial charge in [0.1, 0.15) is 11.5 Å². The molecule has 0 N–H and O–H groups in total. The van der Waals surface area contributed by atoms with E-state index in [9.17, 15) is 4.79 Å². The summed E-state index contributed by atoms with van der Waals surface area (Å²) in [5.41, 5.74) is 0.809. The van der Waals surface area contributed by atoms with Crippen LogP contribution in [-0.4, -0.2) is 0 Å². The van der Waals surface area contributed by atoms with Crippen LogP contribution >= 0.6 is 0 Å². The van der Waals surface area contributed by atoms with Crippen molar-refractivity contribution in [2.75, 3.05) is 0 Å². The maximum Gasteiger partial charge on any atom is 0.188 e. The first-order valence-corrected chi connectivity index (χ1v) is 3.75. The summed E-state index contributed by atoms with van der Waals surface area (Å²) in [5, 5.41) is 0. The fourth-order valence-corrected chi connectivity index (χ4v) is 1.07. The Balaban J connectivity index is 3.36. The molecule has 60 valence electrons. The van der Waals surface area contributed by atoms with E-state index in [1.165, 1.54) is 6.07 Å². The molecule has 2 nitrogen and oxygen atoms in total. The van der Waals surface area contributed by atoms with Gasteiger partial charge in [-0.2, -0.15) is 0 Å². The molecule has 2 heteroatoms. The van der Waals surface area contributed by atoms with Crippen molar-refractivity contribution in [2.24, 2.45) is 0 Å². The third-order valence-electron chi connectivity index (χ3n) is 1.73. The zero-order chi connectivity index (χ0) is 8.43. The Morgan fingerprint density at radius 3 is 2.64 bits per heavy atom. The van der Waals surface area contributed by atoms with Crippen LogP contribution < -0.4 is 5.43 Å². The number of hydrogen-bond donors (Lipinski definition) is 0. The lowest BCUT2D eigenvalue weighted by atomic mass is 10.2. The van der Waals surface area contributed by atoms with Crippen LogP contribution in [-0.2, 0) is 6.42 Å². The second-order valence-electron chi connectivity index (χ2n) is 2.62. The average molecular weight is 152 g/mol.